The van der Waals surface area contributed by atoms with Crippen molar-refractivity contribution in [2.24, 2.45) is 11.1 Å². The van der Waals surface area contributed by atoms with Crippen molar-refractivity contribution in [3.05, 3.63) is 40.5 Å². The topological polar surface area (TPSA) is 29.4 Å². The molecule has 0 saturated carbocycles. The number of nitrogens with zero attached hydrogens (tertiary/aromatic N) is 1. The van der Waals surface area contributed by atoms with Crippen LogP contribution in [0.2, 0.25) is 0 Å². The number of hydrogen-bond acceptors (Lipinski definition) is 2. The van der Waals surface area contributed by atoms with Crippen molar-refractivity contribution in [2.45, 2.75) is 20.3 Å². The number of rotatable bonds is 2. The van der Waals surface area contributed by atoms with Gasteiger partial charge in [-0.3, -0.25) is 0 Å². The average Bonchev–Trinajstić information content (AvgIpc) is 2.28. The lowest BCUT2D eigenvalue weighted by Gasteiger charge is -2.07. The normalized spacial score (nSPS) is 16.9. The predicted molar refractivity (Wildman–Crippen MR) is 50.6 cm³/mol. The van der Waals surface area contributed by atoms with Gasteiger partial charge in [0, 0.05) is 6.42 Å². The third-order valence-electron chi connectivity index (χ3n) is 1.95. The van der Waals surface area contributed by atoms with Gasteiger partial charge in [0.1, 0.15) is 0 Å². The summed E-state index contributed by atoms with van der Waals surface area (Å²) in [6, 6.07) is 0. The van der Waals surface area contributed by atoms with Crippen molar-refractivity contribution in [1.29, 1.82) is 0 Å². The predicted octanol–water partition coefficient (Wildman–Crippen LogP) is 3.18. The molecule has 2 nitrogen and oxygen atoms in total. The van der Waals surface area contributed by atoms with Crippen molar-refractivity contribution in [3.63, 3.8) is 0 Å². The largest absolute Gasteiger partial charge is 0.145 e. The van der Waals surface area contributed by atoms with Crippen molar-refractivity contribution in [3.8, 4) is 0 Å². The summed E-state index contributed by atoms with van der Waals surface area (Å²) in [5.74, 6) is 0.484. The van der Waals surface area contributed by atoms with Crippen LogP contribution >= 0.6 is 0 Å². The third kappa shape index (κ3) is 2.16. The van der Waals surface area contributed by atoms with E-state index in [1.165, 1.54) is 5.57 Å². The maximum Gasteiger partial charge on any atom is 0.0889 e. The first-order valence-corrected chi connectivity index (χ1v) is 4.13. The first kappa shape index (κ1) is 8.91. The molecular formula is C10H13NO. The van der Waals surface area contributed by atoms with Crippen LogP contribution in [-0.4, -0.2) is 0 Å². The van der Waals surface area contributed by atoms with Crippen LogP contribution in [0, 0.1) is 10.8 Å². The summed E-state index contributed by atoms with van der Waals surface area (Å²) in [6.45, 7) is 4.24. The molecule has 0 saturated heterocycles. The van der Waals surface area contributed by atoms with E-state index in [0.717, 1.165) is 0 Å². The van der Waals surface area contributed by atoms with E-state index in [1.807, 2.05) is 12.2 Å². The van der Waals surface area contributed by atoms with Crippen molar-refractivity contribution in [2.75, 3.05) is 0 Å². The lowest BCUT2D eigenvalue weighted by Crippen LogP contribution is -1.94. The summed E-state index contributed by atoms with van der Waals surface area (Å²) in [6.07, 6.45) is 8.31. The maximum atomic E-state index is 10.3. The molecule has 0 fully saturated rings. The minimum absolute atomic E-state index is 0.484. The molecule has 0 unspecified atom stereocenters. The molecule has 0 N–H and O–H groups in total. The Morgan fingerprint density at radius 1 is 1.33 bits per heavy atom. The van der Waals surface area contributed by atoms with Gasteiger partial charge in [-0.05, 0) is 17.2 Å². The molecule has 64 valence electrons. The number of hydrogen-bond donors (Lipinski definition) is 0. The average molecular weight is 163 g/mol. The van der Waals surface area contributed by atoms with Gasteiger partial charge in [-0.2, -0.15) is 0 Å². The van der Waals surface area contributed by atoms with E-state index in [0.29, 0.717) is 18.0 Å². The zero-order chi connectivity index (χ0) is 8.97. The zero-order valence-electron chi connectivity index (χ0n) is 7.45. The van der Waals surface area contributed by atoms with Gasteiger partial charge < -0.3 is 0 Å². The van der Waals surface area contributed by atoms with Crippen molar-refractivity contribution in [1.82, 2.24) is 0 Å². The lowest BCUT2D eigenvalue weighted by atomic mass is 9.99. The Morgan fingerprint density at radius 3 is 2.58 bits per heavy atom. The second-order valence-corrected chi connectivity index (χ2v) is 3.21. The van der Waals surface area contributed by atoms with Crippen LogP contribution in [0.4, 0.5) is 0 Å². The van der Waals surface area contributed by atoms with Crippen LogP contribution in [0.15, 0.2) is 40.8 Å². The molecular weight excluding hydrogens is 150 g/mol. The first-order chi connectivity index (χ1) is 5.74. The Labute approximate surface area is 72.6 Å². The molecule has 12 heavy (non-hydrogen) atoms. The zero-order valence-corrected chi connectivity index (χ0v) is 7.45. The van der Waals surface area contributed by atoms with Crippen LogP contribution in [-0.2, 0) is 0 Å². The van der Waals surface area contributed by atoms with Crippen LogP contribution in [0.3, 0.4) is 0 Å². The monoisotopic (exact) mass is 163 g/mol. The standard InChI is InChI=1S/C10H13NO/c1-8(2)9-5-3-4-6-10(7-9)11-12/h3-6,8H,7H2,1-2H3. The number of nitroso groups, excluding NO2 is 1. The highest BCUT2D eigenvalue weighted by molar-refractivity contribution is 5.28. The van der Waals surface area contributed by atoms with E-state index >= 15 is 0 Å². The summed E-state index contributed by atoms with van der Waals surface area (Å²) in [4.78, 5) is 10.3. The lowest BCUT2D eigenvalue weighted by molar-refractivity contribution is 0.737. The summed E-state index contributed by atoms with van der Waals surface area (Å²) < 4.78 is 0. The molecule has 0 bridgehead atoms. The fourth-order valence-corrected chi connectivity index (χ4v) is 1.13. The van der Waals surface area contributed by atoms with Gasteiger partial charge in [-0.15, -0.1) is 4.91 Å². The third-order valence-corrected chi connectivity index (χ3v) is 1.95. The molecule has 0 heterocycles. The molecule has 1 rings (SSSR count). The van der Waals surface area contributed by atoms with E-state index in [4.69, 9.17) is 0 Å². The summed E-state index contributed by atoms with van der Waals surface area (Å²) in [5.41, 5.74) is 1.87. The molecule has 2 heteroatoms. The Hall–Kier alpha value is -1.18. The quantitative estimate of drug-likeness (QED) is 0.575. The molecule has 0 amide bonds. The van der Waals surface area contributed by atoms with Gasteiger partial charge in [0.2, 0.25) is 0 Å². The van der Waals surface area contributed by atoms with E-state index in [2.05, 4.69) is 25.1 Å². The molecule has 1 aliphatic rings. The molecule has 0 atom stereocenters. The minimum atomic E-state index is 0.484. The van der Waals surface area contributed by atoms with Crippen LogP contribution in [0.5, 0.6) is 0 Å². The van der Waals surface area contributed by atoms with Crippen LogP contribution < -0.4 is 0 Å². The summed E-state index contributed by atoms with van der Waals surface area (Å²) >= 11 is 0. The van der Waals surface area contributed by atoms with E-state index in [1.54, 1.807) is 6.08 Å². The Bertz CT molecular complexity index is 259. The maximum absolute atomic E-state index is 10.3. The van der Waals surface area contributed by atoms with Gasteiger partial charge in [-0.1, -0.05) is 37.6 Å². The van der Waals surface area contributed by atoms with Crippen LogP contribution in [0.1, 0.15) is 20.3 Å². The fraction of sp³-hybridized carbons (Fsp3) is 0.400. The highest BCUT2D eigenvalue weighted by Crippen LogP contribution is 2.21. The smallest absolute Gasteiger partial charge is 0.0889 e. The fourth-order valence-electron chi connectivity index (χ4n) is 1.13. The molecule has 0 aromatic rings. The van der Waals surface area contributed by atoms with E-state index in [-0.39, 0.29) is 0 Å². The van der Waals surface area contributed by atoms with Gasteiger partial charge >= 0.3 is 0 Å². The molecule has 0 radical (unpaired) electrons. The molecule has 0 aromatic carbocycles. The molecule has 0 spiro atoms. The van der Waals surface area contributed by atoms with E-state index < -0.39 is 0 Å². The van der Waals surface area contributed by atoms with Crippen molar-refractivity contribution < 1.29 is 0 Å². The van der Waals surface area contributed by atoms with Crippen LogP contribution in [0.25, 0.3) is 0 Å². The molecule has 1 aliphatic carbocycles. The minimum Gasteiger partial charge on any atom is -0.145 e. The highest BCUT2D eigenvalue weighted by atomic mass is 16.3. The van der Waals surface area contributed by atoms with Gasteiger partial charge in [0.15, 0.2) is 0 Å². The van der Waals surface area contributed by atoms with E-state index in [9.17, 15) is 4.91 Å². The Morgan fingerprint density at radius 2 is 2.00 bits per heavy atom. The second-order valence-electron chi connectivity index (χ2n) is 3.21. The van der Waals surface area contributed by atoms with Gasteiger partial charge in [-0.25, -0.2) is 0 Å². The Balaban J connectivity index is 2.81. The molecule has 0 aliphatic heterocycles. The van der Waals surface area contributed by atoms with Gasteiger partial charge in [0.05, 0.1) is 5.70 Å². The molecule has 0 aromatic heterocycles. The van der Waals surface area contributed by atoms with Crippen molar-refractivity contribution >= 4 is 0 Å². The highest BCUT2D eigenvalue weighted by Gasteiger charge is 2.07. The SMILES string of the molecule is CC(C)C1=CC=CC=C(N=O)C1. The first-order valence-electron chi connectivity index (χ1n) is 4.13. The Kier molecular flexibility index (Phi) is 2.97. The second kappa shape index (κ2) is 4.00. The van der Waals surface area contributed by atoms with Gasteiger partial charge in [0.25, 0.3) is 0 Å². The number of allylic oxidation sites excluding steroid dienone is 5. The summed E-state index contributed by atoms with van der Waals surface area (Å²) in [5, 5.41) is 2.96. The summed E-state index contributed by atoms with van der Waals surface area (Å²) in [7, 11) is 0.